The highest BCUT2D eigenvalue weighted by Crippen LogP contribution is 2.29. The molecule has 0 aliphatic rings. The van der Waals surface area contributed by atoms with Gasteiger partial charge in [-0.05, 0) is 37.0 Å². The fourth-order valence-electron chi connectivity index (χ4n) is 2.13. The monoisotopic (exact) mass is 255 g/mol. The Bertz CT molecular complexity index is 517. The molecule has 0 aliphatic heterocycles. The molecule has 0 fully saturated rings. The van der Waals surface area contributed by atoms with E-state index in [4.69, 9.17) is 10.5 Å². The summed E-state index contributed by atoms with van der Waals surface area (Å²) in [6, 6.07) is 17.0. The summed E-state index contributed by atoms with van der Waals surface area (Å²) in [6.45, 7) is 2.04. The minimum absolute atomic E-state index is 0.258. The number of para-hydroxylation sites is 1. The lowest BCUT2D eigenvalue weighted by Gasteiger charge is -2.09. The van der Waals surface area contributed by atoms with Crippen molar-refractivity contribution in [3.8, 4) is 16.9 Å². The van der Waals surface area contributed by atoms with Crippen molar-refractivity contribution in [1.82, 2.24) is 0 Å². The maximum atomic E-state index is 5.78. The lowest BCUT2D eigenvalue weighted by Crippen LogP contribution is -2.15. The molecule has 0 saturated heterocycles. The second kappa shape index (κ2) is 6.39. The Hall–Kier alpha value is -1.80. The van der Waals surface area contributed by atoms with E-state index in [9.17, 15) is 0 Å². The van der Waals surface area contributed by atoms with Gasteiger partial charge in [-0.15, -0.1) is 0 Å². The zero-order chi connectivity index (χ0) is 13.7. The van der Waals surface area contributed by atoms with Crippen molar-refractivity contribution in [2.75, 3.05) is 7.11 Å². The van der Waals surface area contributed by atoms with Gasteiger partial charge < -0.3 is 10.5 Å². The maximum absolute atomic E-state index is 5.78. The summed E-state index contributed by atoms with van der Waals surface area (Å²) in [4.78, 5) is 0. The van der Waals surface area contributed by atoms with Crippen LogP contribution in [0.4, 0.5) is 0 Å². The largest absolute Gasteiger partial charge is 0.496 e. The van der Waals surface area contributed by atoms with Gasteiger partial charge in [0.15, 0.2) is 0 Å². The van der Waals surface area contributed by atoms with Gasteiger partial charge in [0.25, 0.3) is 0 Å². The van der Waals surface area contributed by atoms with Crippen molar-refractivity contribution >= 4 is 0 Å². The summed E-state index contributed by atoms with van der Waals surface area (Å²) < 4.78 is 5.39. The molecule has 2 N–H and O–H groups in total. The molecule has 2 aromatic rings. The first-order valence-corrected chi connectivity index (χ1v) is 6.68. The third-order valence-electron chi connectivity index (χ3n) is 3.26. The quantitative estimate of drug-likeness (QED) is 0.885. The molecule has 0 amide bonds. The topological polar surface area (TPSA) is 35.2 Å². The molecule has 1 atom stereocenters. The van der Waals surface area contributed by atoms with Crippen LogP contribution in [0.5, 0.6) is 5.75 Å². The van der Waals surface area contributed by atoms with Crippen LogP contribution in [0.1, 0.15) is 18.9 Å². The summed E-state index contributed by atoms with van der Waals surface area (Å²) >= 11 is 0. The number of rotatable bonds is 5. The van der Waals surface area contributed by atoms with Gasteiger partial charge in [0.05, 0.1) is 7.11 Å². The first-order valence-electron chi connectivity index (χ1n) is 6.68. The molecule has 0 spiro atoms. The van der Waals surface area contributed by atoms with Crippen LogP contribution in [0.3, 0.4) is 0 Å². The van der Waals surface area contributed by atoms with Gasteiger partial charge in [0, 0.05) is 11.6 Å². The predicted molar refractivity (Wildman–Crippen MR) is 80.4 cm³/mol. The molecule has 1 unspecified atom stereocenters. The fourth-order valence-corrected chi connectivity index (χ4v) is 2.13. The third-order valence-corrected chi connectivity index (χ3v) is 3.26. The van der Waals surface area contributed by atoms with Gasteiger partial charge in [-0.2, -0.15) is 0 Å². The van der Waals surface area contributed by atoms with Crippen LogP contribution in [0.2, 0.25) is 0 Å². The number of ether oxygens (including phenoxy) is 1. The average Bonchev–Trinajstić information content (AvgIpc) is 2.45. The Kier molecular flexibility index (Phi) is 4.58. The van der Waals surface area contributed by atoms with Crippen LogP contribution in [0.25, 0.3) is 11.1 Å². The van der Waals surface area contributed by atoms with E-state index in [1.165, 1.54) is 11.1 Å². The van der Waals surface area contributed by atoms with E-state index < -0.39 is 0 Å². The highest BCUT2D eigenvalue weighted by molar-refractivity contribution is 5.70. The Morgan fingerprint density at radius 2 is 1.74 bits per heavy atom. The molecule has 2 rings (SSSR count). The highest BCUT2D eigenvalue weighted by Gasteiger charge is 2.04. The number of hydrogen-bond donors (Lipinski definition) is 1. The van der Waals surface area contributed by atoms with Gasteiger partial charge >= 0.3 is 0 Å². The molecule has 0 radical (unpaired) electrons. The van der Waals surface area contributed by atoms with E-state index in [1.54, 1.807) is 7.11 Å². The molecule has 2 heteroatoms. The third kappa shape index (κ3) is 3.58. The van der Waals surface area contributed by atoms with E-state index in [1.807, 2.05) is 25.1 Å². The molecule has 2 nitrogen and oxygen atoms in total. The minimum atomic E-state index is 0.258. The molecular formula is C17H21NO. The number of methoxy groups -OCH3 is 1. The van der Waals surface area contributed by atoms with Crippen LogP contribution >= 0.6 is 0 Å². The fraction of sp³-hybridized carbons (Fsp3) is 0.294. The van der Waals surface area contributed by atoms with Gasteiger partial charge in [-0.3, -0.25) is 0 Å². The van der Waals surface area contributed by atoms with E-state index in [-0.39, 0.29) is 6.04 Å². The van der Waals surface area contributed by atoms with Gasteiger partial charge in [-0.1, -0.05) is 42.5 Å². The van der Waals surface area contributed by atoms with E-state index in [0.29, 0.717) is 0 Å². The van der Waals surface area contributed by atoms with Crippen LogP contribution in [-0.2, 0) is 6.42 Å². The van der Waals surface area contributed by atoms with Crippen molar-refractivity contribution in [2.45, 2.75) is 25.8 Å². The summed E-state index contributed by atoms with van der Waals surface area (Å²) in [5, 5.41) is 0. The molecule has 100 valence electrons. The van der Waals surface area contributed by atoms with Crippen LogP contribution in [0, 0.1) is 0 Å². The summed E-state index contributed by atoms with van der Waals surface area (Å²) in [7, 11) is 1.70. The number of benzene rings is 2. The van der Waals surface area contributed by atoms with E-state index in [2.05, 4.69) is 30.3 Å². The molecular weight excluding hydrogens is 234 g/mol. The lowest BCUT2D eigenvalue weighted by molar-refractivity contribution is 0.416. The number of hydrogen-bond acceptors (Lipinski definition) is 2. The molecule has 0 bridgehead atoms. The van der Waals surface area contributed by atoms with Crippen LogP contribution in [0.15, 0.2) is 48.5 Å². The second-order valence-electron chi connectivity index (χ2n) is 4.91. The Morgan fingerprint density at radius 1 is 1.05 bits per heavy atom. The Labute approximate surface area is 115 Å². The van der Waals surface area contributed by atoms with Crippen molar-refractivity contribution < 1.29 is 4.74 Å². The van der Waals surface area contributed by atoms with Crippen molar-refractivity contribution in [3.05, 3.63) is 54.1 Å². The average molecular weight is 255 g/mol. The smallest absolute Gasteiger partial charge is 0.126 e. The zero-order valence-electron chi connectivity index (χ0n) is 11.6. The van der Waals surface area contributed by atoms with Gasteiger partial charge in [0.1, 0.15) is 5.75 Å². The molecule has 0 heterocycles. The second-order valence-corrected chi connectivity index (χ2v) is 4.91. The molecule has 0 saturated carbocycles. The Balaban J connectivity index is 2.18. The summed E-state index contributed by atoms with van der Waals surface area (Å²) in [5.41, 5.74) is 9.42. The SMILES string of the molecule is COc1ccccc1-c1ccc(CCC(C)N)cc1. The van der Waals surface area contributed by atoms with Crippen molar-refractivity contribution in [2.24, 2.45) is 5.73 Å². The normalized spacial score (nSPS) is 12.2. The van der Waals surface area contributed by atoms with Gasteiger partial charge in [-0.25, -0.2) is 0 Å². The first kappa shape index (κ1) is 13.6. The highest BCUT2D eigenvalue weighted by atomic mass is 16.5. The maximum Gasteiger partial charge on any atom is 0.126 e. The molecule has 19 heavy (non-hydrogen) atoms. The zero-order valence-corrected chi connectivity index (χ0v) is 11.6. The standard InChI is InChI=1S/C17H21NO/c1-13(18)7-8-14-9-11-15(12-10-14)16-5-3-4-6-17(16)19-2/h3-6,9-13H,7-8,18H2,1-2H3. The Morgan fingerprint density at radius 3 is 2.37 bits per heavy atom. The number of aryl methyl sites for hydroxylation is 1. The van der Waals surface area contributed by atoms with Gasteiger partial charge in [0.2, 0.25) is 0 Å². The van der Waals surface area contributed by atoms with E-state index >= 15 is 0 Å². The summed E-state index contributed by atoms with van der Waals surface area (Å²) in [5.74, 6) is 0.908. The van der Waals surface area contributed by atoms with Crippen molar-refractivity contribution in [3.63, 3.8) is 0 Å². The predicted octanol–water partition coefficient (Wildman–Crippen LogP) is 3.64. The van der Waals surface area contributed by atoms with Crippen molar-refractivity contribution in [1.29, 1.82) is 0 Å². The minimum Gasteiger partial charge on any atom is -0.496 e. The van der Waals surface area contributed by atoms with Crippen LogP contribution < -0.4 is 10.5 Å². The molecule has 0 aliphatic carbocycles. The molecule has 0 aromatic heterocycles. The molecule has 2 aromatic carbocycles. The van der Waals surface area contributed by atoms with Crippen LogP contribution in [-0.4, -0.2) is 13.2 Å². The number of nitrogens with two attached hydrogens (primary N) is 1. The van der Waals surface area contributed by atoms with E-state index in [0.717, 1.165) is 24.2 Å². The lowest BCUT2D eigenvalue weighted by atomic mass is 10.0. The summed E-state index contributed by atoms with van der Waals surface area (Å²) in [6.07, 6.45) is 2.05. The first-order chi connectivity index (χ1) is 9.20.